The molecule has 0 heterocycles. The molecule has 0 saturated heterocycles. The number of esters is 1. The summed E-state index contributed by atoms with van der Waals surface area (Å²) >= 11 is 0. The van der Waals surface area contributed by atoms with Gasteiger partial charge in [0.1, 0.15) is 5.75 Å². The molecule has 5 nitrogen and oxygen atoms in total. The molecule has 0 saturated carbocycles. The van der Waals surface area contributed by atoms with Gasteiger partial charge in [0.25, 0.3) is 0 Å². The highest BCUT2D eigenvalue weighted by atomic mass is 16.5. The van der Waals surface area contributed by atoms with Crippen molar-refractivity contribution in [3.05, 3.63) is 24.3 Å². The SMILES string of the molecule is CCN(CC)c1ccc(OC(=O)CCC(N)=O)cc1. The van der Waals surface area contributed by atoms with Crippen molar-refractivity contribution in [1.82, 2.24) is 0 Å². The second-order valence-corrected chi connectivity index (χ2v) is 4.11. The van der Waals surface area contributed by atoms with Gasteiger partial charge in [0.05, 0.1) is 6.42 Å². The molecule has 0 bridgehead atoms. The molecule has 0 spiro atoms. The van der Waals surface area contributed by atoms with E-state index in [4.69, 9.17) is 10.5 Å². The number of carbonyl (C=O) groups excluding carboxylic acids is 2. The van der Waals surface area contributed by atoms with E-state index in [-0.39, 0.29) is 12.8 Å². The zero-order valence-corrected chi connectivity index (χ0v) is 11.4. The first-order valence-electron chi connectivity index (χ1n) is 6.40. The Morgan fingerprint density at radius 2 is 1.68 bits per heavy atom. The molecule has 0 atom stereocenters. The number of hydrogen-bond acceptors (Lipinski definition) is 4. The minimum absolute atomic E-state index is 0.00707. The molecule has 104 valence electrons. The molecule has 0 unspecified atom stereocenters. The Hall–Kier alpha value is -2.04. The van der Waals surface area contributed by atoms with Crippen molar-refractivity contribution in [3.63, 3.8) is 0 Å². The highest BCUT2D eigenvalue weighted by Crippen LogP contribution is 2.19. The van der Waals surface area contributed by atoms with E-state index in [1.54, 1.807) is 12.1 Å². The number of amides is 1. The van der Waals surface area contributed by atoms with Crippen LogP contribution >= 0.6 is 0 Å². The van der Waals surface area contributed by atoms with E-state index in [2.05, 4.69) is 18.7 Å². The van der Waals surface area contributed by atoms with Gasteiger partial charge in [0, 0.05) is 25.2 Å². The molecule has 1 rings (SSSR count). The molecule has 0 aromatic heterocycles. The van der Waals surface area contributed by atoms with Crippen LogP contribution in [0, 0.1) is 0 Å². The molecular formula is C14H20N2O3. The zero-order chi connectivity index (χ0) is 14.3. The number of nitrogens with zero attached hydrogens (tertiary/aromatic N) is 1. The van der Waals surface area contributed by atoms with Gasteiger partial charge < -0.3 is 15.4 Å². The fourth-order valence-corrected chi connectivity index (χ4v) is 1.72. The third-order valence-electron chi connectivity index (χ3n) is 2.77. The summed E-state index contributed by atoms with van der Waals surface area (Å²) in [5.41, 5.74) is 6.05. The maximum Gasteiger partial charge on any atom is 0.311 e. The normalized spacial score (nSPS) is 10.0. The number of anilines is 1. The largest absolute Gasteiger partial charge is 0.427 e. The van der Waals surface area contributed by atoms with Gasteiger partial charge >= 0.3 is 5.97 Å². The Bertz CT molecular complexity index is 425. The minimum atomic E-state index is -0.506. The zero-order valence-electron chi connectivity index (χ0n) is 11.4. The average Bonchev–Trinajstić information content (AvgIpc) is 2.40. The lowest BCUT2D eigenvalue weighted by Gasteiger charge is -2.20. The fraction of sp³-hybridized carbons (Fsp3) is 0.429. The van der Waals surface area contributed by atoms with Gasteiger partial charge in [-0.1, -0.05) is 0 Å². The first-order chi connectivity index (χ1) is 9.06. The third-order valence-corrected chi connectivity index (χ3v) is 2.77. The number of nitrogens with two attached hydrogens (primary N) is 1. The van der Waals surface area contributed by atoms with Gasteiger partial charge in [-0.05, 0) is 38.1 Å². The van der Waals surface area contributed by atoms with E-state index in [1.165, 1.54) is 0 Å². The predicted octanol–water partition coefficient (Wildman–Crippen LogP) is 1.70. The molecule has 0 aliphatic carbocycles. The Morgan fingerprint density at radius 1 is 1.11 bits per heavy atom. The van der Waals surface area contributed by atoms with Crippen LogP contribution in [0.5, 0.6) is 5.75 Å². The monoisotopic (exact) mass is 264 g/mol. The van der Waals surface area contributed by atoms with Gasteiger partial charge in [0.2, 0.25) is 5.91 Å². The van der Waals surface area contributed by atoms with E-state index in [9.17, 15) is 9.59 Å². The van der Waals surface area contributed by atoms with Crippen LogP contribution in [-0.4, -0.2) is 25.0 Å². The minimum Gasteiger partial charge on any atom is -0.427 e. The summed E-state index contributed by atoms with van der Waals surface area (Å²) in [7, 11) is 0. The quantitative estimate of drug-likeness (QED) is 0.601. The molecule has 0 radical (unpaired) electrons. The van der Waals surface area contributed by atoms with Gasteiger partial charge in [0.15, 0.2) is 0 Å². The third kappa shape index (κ3) is 4.99. The van der Waals surface area contributed by atoms with Gasteiger partial charge in [-0.25, -0.2) is 0 Å². The highest BCUT2D eigenvalue weighted by Gasteiger charge is 2.07. The molecule has 1 aromatic carbocycles. The second kappa shape index (κ2) is 7.41. The number of rotatable bonds is 7. The van der Waals surface area contributed by atoms with E-state index < -0.39 is 11.9 Å². The fourth-order valence-electron chi connectivity index (χ4n) is 1.72. The van der Waals surface area contributed by atoms with Crippen LogP contribution in [0.1, 0.15) is 26.7 Å². The maximum absolute atomic E-state index is 11.4. The van der Waals surface area contributed by atoms with Crippen LogP contribution in [0.3, 0.4) is 0 Å². The smallest absolute Gasteiger partial charge is 0.311 e. The molecule has 0 aliphatic rings. The Morgan fingerprint density at radius 3 is 2.16 bits per heavy atom. The van der Waals surface area contributed by atoms with Crippen LogP contribution in [0.25, 0.3) is 0 Å². The highest BCUT2D eigenvalue weighted by molar-refractivity contribution is 5.81. The van der Waals surface area contributed by atoms with Crippen LogP contribution in [-0.2, 0) is 9.59 Å². The van der Waals surface area contributed by atoms with Crippen molar-refractivity contribution < 1.29 is 14.3 Å². The van der Waals surface area contributed by atoms with Crippen LogP contribution in [0.4, 0.5) is 5.69 Å². The summed E-state index contributed by atoms with van der Waals surface area (Å²) in [5.74, 6) is -0.478. The lowest BCUT2D eigenvalue weighted by atomic mass is 10.2. The van der Waals surface area contributed by atoms with Gasteiger partial charge in [-0.3, -0.25) is 9.59 Å². The van der Waals surface area contributed by atoms with Crippen molar-refractivity contribution in [2.24, 2.45) is 5.73 Å². The summed E-state index contributed by atoms with van der Waals surface area (Å²) < 4.78 is 5.10. The summed E-state index contributed by atoms with van der Waals surface area (Å²) in [6, 6.07) is 7.30. The predicted molar refractivity (Wildman–Crippen MR) is 74.1 cm³/mol. The lowest BCUT2D eigenvalue weighted by molar-refractivity contribution is -0.136. The topological polar surface area (TPSA) is 72.6 Å². The maximum atomic E-state index is 11.4. The standard InChI is InChI=1S/C14H20N2O3/c1-3-16(4-2)11-5-7-12(8-6-11)19-14(18)10-9-13(15)17/h5-8H,3-4,9-10H2,1-2H3,(H2,15,17). The van der Waals surface area contributed by atoms with Crippen LogP contribution < -0.4 is 15.4 Å². The molecule has 5 heteroatoms. The summed E-state index contributed by atoms with van der Waals surface area (Å²) in [4.78, 5) is 24.2. The molecule has 2 N–H and O–H groups in total. The first kappa shape index (κ1) is 15.0. The van der Waals surface area contributed by atoms with E-state index >= 15 is 0 Å². The van der Waals surface area contributed by atoms with Gasteiger partial charge in [-0.15, -0.1) is 0 Å². The van der Waals surface area contributed by atoms with E-state index in [0.717, 1.165) is 18.8 Å². The average molecular weight is 264 g/mol. The number of primary amides is 1. The number of hydrogen-bond donors (Lipinski definition) is 1. The first-order valence-corrected chi connectivity index (χ1v) is 6.40. The van der Waals surface area contributed by atoms with Crippen molar-refractivity contribution in [2.75, 3.05) is 18.0 Å². The lowest BCUT2D eigenvalue weighted by Crippen LogP contribution is -2.21. The Labute approximate surface area is 113 Å². The van der Waals surface area contributed by atoms with Crippen molar-refractivity contribution in [3.8, 4) is 5.75 Å². The second-order valence-electron chi connectivity index (χ2n) is 4.11. The van der Waals surface area contributed by atoms with Gasteiger partial charge in [-0.2, -0.15) is 0 Å². The number of benzene rings is 1. The van der Waals surface area contributed by atoms with Crippen molar-refractivity contribution in [1.29, 1.82) is 0 Å². The molecule has 1 aromatic rings. The molecule has 19 heavy (non-hydrogen) atoms. The molecule has 0 fully saturated rings. The van der Waals surface area contributed by atoms with Crippen molar-refractivity contribution in [2.45, 2.75) is 26.7 Å². The Balaban J connectivity index is 2.56. The molecular weight excluding hydrogens is 244 g/mol. The summed E-state index contributed by atoms with van der Waals surface area (Å²) in [6.45, 7) is 6.02. The Kier molecular flexibility index (Phi) is 5.85. The van der Waals surface area contributed by atoms with E-state index in [1.807, 2.05) is 12.1 Å². The van der Waals surface area contributed by atoms with Crippen LogP contribution in [0.15, 0.2) is 24.3 Å². The number of ether oxygens (including phenoxy) is 1. The van der Waals surface area contributed by atoms with Crippen molar-refractivity contribution >= 4 is 17.6 Å². The summed E-state index contributed by atoms with van der Waals surface area (Å²) in [6.07, 6.45) is 0.0174. The van der Waals surface area contributed by atoms with E-state index in [0.29, 0.717) is 5.75 Å². The van der Waals surface area contributed by atoms with Crippen LogP contribution in [0.2, 0.25) is 0 Å². The molecule has 1 amide bonds. The molecule has 0 aliphatic heterocycles. The number of carbonyl (C=O) groups is 2. The summed E-state index contributed by atoms with van der Waals surface area (Å²) in [5, 5.41) is 0.